The molecule has 110 valence electrons. The molecule has 3 N–H and O–H groups in total. The first-order chi connectivity index (χ1) is 9.33. The highest BCUT2D eigenvalue weighted by Gasteiger charge is 2.33. The summed E-state index contributed by atoms with van der Waals surface area (Å²) >= 11 is 0. The van der Waals surface area contributed by atoms with Gasteiger partial charge in [0.2, 0.25) is 5.91 Å². The largest absolute Gasteiger partial charge is 0.349 e. The quantitative estimate of drug-likeness (QED) is 0.890. The highest BCUT2D eigenvalue weighted by molar-refractivity contribution is 5.79. The van der Waals surface area contributed by atoms with Gasteiger partial charge >= 0.3 is 0 Å². The van der Waals surface area contributed by atoms with Crippen LogP contribution in [0.2, 0.25) is 0 Å². The van der Waals surface area contributed by atoms with Crippen LogP contribution in [0.4, 0.5) is 0 Å². The maximum absolute atomic E-state index is 12.2. The number of carbonyl (C=O) groups is 1. The molecular weight excluding hydrogens is 248 g/mol. The second-order valence-electron chi connectivity index (χ2n) is 6.72. The van der Waals surface area contributed by atoms with Crippen LogP contribution in [-0.2, 0) is 10.2 Å². The Morgan fingerprint density at radius 3 is 2.65 bits per heavy atom. The lowest BCUT2D eigenvalue weighted by molar-refractivity contribution is -0.125. The normalized spacial score (nSPS) is 23.6. The Balaban J connectivity index is 2.21. The third kappa shape index (κ3) is 2.88. The van der Waals surface area contributed by atoms with Crippen LogP contribution in [0.3, 0.4) is 0 Å². The standard InChI is InChI=1S/C17H26N2O/c1-11(12(2)18)16(20)19-15-9-10-17(3,4)14-8-6-5-7-13(14)15/h5-8,11-12,15H,9-10,18H2,1-4H3,(H,19,20). The maximum atomic E-state index is 12.2. The van der Waals surface area contributed by atoms with Gasteiger partial charge in [0.1, 0.15) is 0 Å². The molecule has 3 unspecified atom stereocenters. The van der Waals surface area contributed by atoms with E-state index in [2.05, 4.69) is 37.4 Å². The highest BCUT2D eigenvalue weighted by Crippen LogP contribution is 2.41. The number of amides is 1. The van der Waals surface area contributed by atoms with Crippen LogP contribution in [0.5, 0.6) is 0 Å². The first-order valence-corrected chi connectivity index (χ1v) is 7.48. The minimum Gasteiger partial charge on any atom is -0.349 e. The molecule has 3 nitrogen and oxygen atoms in total. The molecule has 1 aliphatic carbocycles. The summed E-state index contributed by atoms with van der Waals surface area (Å²) < 4.78 is 0. The van der Waals surface area contributed by atoms with Gasteiger partial charge in [0.05, 0.1) is 6.04 Å². The molecule has 0 spiro atoms. The Morgan fingerprint density at radius 1 is 1.35 bits per heavy atom. The Labute approximate surface area is 121 Å². The number of hydrogen-bond acceptors (Lipinski definition) is 2. The zero-order valence-corrected chi connectivity index (χ0v) is 12.9. The van der Waals surface area contributed by atoms with E-state index in [1.54, 1.807) is 0 Å². The molecule has 2 rings (SSSR count). The predicted octanol–water partition coefficient (Wildman–Crippen LogP) is 2.90. The summed E-state index contributed by atoms with van der Waals surface area (Å²) in [6.07, 6.45) is 2.07. The highest BCUT2D eigenvalue weighted by atomic mass is 16.1. The van der Waals surface area contributed by atoms with E-state index in [1.165, 1.54) is 11.1 Å². The van der Waals surface area contributed by atoms with Gasteiger partial charge in [-0.25, -0.2) is 0 Å². The zero-order chi connectivity index (χ0) is 14.9. The van der Waals surface area contributed by atoms with Crippen LogP contribution in [0, 0.1) is 5.92 Å². The fourth-order valence-corrected chi connectivity index (χ4v) is 2.90. The number of rotatable bonds is 3. The molecule has 3 heteroatoms. The van der Waals surface area contributed by atoms with Crippen LogP contribution < -0.4 is 11.1 Å². The van der Waals surface area contributed by atoms with Crippen LogP contribution in [0.15, 0.2) is 24.3 Å². The van der Waals surface area contributed by atoms with Gasteiger partial charge in [0, 0.05) is 12.0 Å². The molecule has 0 fully saturated rings. The SMILES string of the molecule is CC(N)C(C)C(=O)NC1CCC(C)(C)c2ccccc21. The number of fused-ring (bicyclic) bond motifs is 1. The smallest absolute Gasteiger partial charge is 0.224 e. The lowest BCUT2D eigenvalue weighted by atomic mass is 9.71. The topological polar surface area (TPSA) is 55.1 Å². The Kier molecular flexibility index (Phi) is 4.19. The van der Waals surface area contributed by atoms with Crippen molar-refractivity contribution in [2.75, 3.05) is 0 Å². The van der Waals surface area contributed by atoms with Gasteiger partial charge < -0.3 is 11.1 Å². The van der Waals surface area contributed by atoms with Crippen molar-refractivity contribution >= 4 is 5.91 Å². The van der Waals surface area contributed by atoms with Crippen molar-refractivity contribution in [1.82, 2.24) is 5.32 Å². The van der Waals surface area contributed by atoms with E-state index in [4.69, 9.17) is 5.73 Å². The first-order valence-electron chi connectivity index (χ1n) is 7.48. The number of nitrogens with two attached hydrogens (primary N) is 1. The molecule has 1 aromatic carbocycles. The zero-order valence-electron chi connectivity index (χ0n) is 12.9. The molecule has 1 aliphatic rings. The molecule has 0 aromatic heterocycles. The first kappa shape index (κ1) is 15.0. The van der Waals surface area contributed by atoms with Gasteiger partial charge in [-0.05, 0) is 36.3 Å². The van der Waals surface area contributed by atoms with Gasteiger partial charge in [-0.15, -0.1) is 0 Å². The average molecular weight is 274 g/mol. The molecule has 0 saturated carbocycles. The van der Waals surface area contributed by atoms with Gasteiger partial charge in [0.25, 0.3) is 0 Å². The molecule has 0 radical (unpaired) electrons. The third-order valence-corrected chi connectivity index (χ3v) is 4.64. The van der Waals surface area contributed by atoms with Crippen molar-refractivity contribution in [3.8, 4) is 0 Å². The molecule has 0 aliphatic heterocycles. The number of hydrogen-bond donors (Lipinski definition) is 2. The van der Waals surface area contributed by atoms with E-state index in [1.807, 2.05) is 19.9 Å². The fourth-order valence-electron chi connectivity index (χ4n) is 2.90. The minimum atomic E-state index is -0.155. The summed E-state index contributed by atoms with van der Waals surface area (Å²) in [5, 5.41) is 3.18. The minimum absolute atomic E-state index is 0.0551. The summed E-state index contributed by atoms with van der Waals surface area (Å²) in [5.41, 5.74) is 8.61. The molecule has 3 atom stereocenters. The summed E-state index contributed by atoms with van der Waals surface area (Å²) in [6.45, 7) is 8.31. The Hall–Kier alpha value is -1.35. The second-order valence-corrected chi connectivity index (χ2v) is 6.72. The number of benzene rings is 1. The molecule has 0 bridgehead atoms. The van der Waals surface area contributed by atoms with Crippen LogP contribution >= 0.6 is 0 Å². The maximum Gasteiger partial charge on any atom is 0.224 e. The average Bonchev–Trinajstić information content (AvgIpc) is 2.41. The van der Waals surface area contributed by atoms with E-state index in [0.29, 0.717) is 0 Å². The van der Waals surface area contributed by atoms with E-state index < -0.39 is 0 Å². The van der Waals surface area contributed by atoms with Crippen molar-refractivity contribution in [3.63, 3.8) is 0 Å². The Morgan fingerprint density at radius 2 is 2.00 bits per heavy atom. The van der Waals surface area contributed by atoms with E-state index in [0.717, 1.165) is 12.8 Å². The molecule has 1 aromatic rings. The van der Waals surface area contributed by atoms with E-state index in [-0.39, 0.29) is 29.3 Å². The predicted molar refractivity (Wildman–Crippen MR) is 82.4 cm³/mol. The lowest BCUT2D eigenvalue weighted by Crippen LogP contribution is -2.42. The molecular formula is C17H26N2O. The molecule has 20 heavy (non-hydrogen) atoms. The second kappa shape index (κ2) is 5.57. The van der Waals surface area contributed by atoms with Crippen molar-refractivity contribution in [2.45, 2.75) is 58.0 Å². The van der Waals surface area contributed by atoms with Crippen molar-refractivity contribution in [1.29, 1.82) is 0 Å². The molecule has 0 heterocycles. The van der Waals surface area contributed by atoms with Gasteiger partial charge in [0.15, 0.2) is 0 Å². The van der Waals surface area contributed by atoms with Gasteiger partial charge in [-0.3, -0.25) is 4.79 Å². The summed E-state index contributed by atoms with van der Waals surface area (Å²) in [6, 6.07) is 8.45. The summed E-state index contributed by atoms with van der Waals surface area (Å²) in [5.74, 6) is -0.100. The number of nitrogens with one attached hydrogen (secondary N) is 1. The third-order valence-electron chi connectivity index (χ3n) is 4.64. The Bertz CT molecular complexity index is 494. The van der Waals surface area contributed by atoms with Crippen molar-refractivity contribution < 1.29 is 4.79 Å². The monoisotopic (exact) mass is 274 g/mol. The van der Waals surface area contributed by atoms with Crippen LogP contribution in [-0.4, -0.2) is 11.9 Å². The number of carbonyl (C=O) groups excluding carboxylic acids is 1. The molecule has 1 amide bonds. The van der Waals surface area contributed by atoms with Gasteiger partial charge in [-0.1, -0.05) is 45.0 Å². The van der Waals surface area contributed by atoms with E-state index in [9.17, 15) is 4.79 Å². The van der Waals surface area contributed by atoms with Crippen molar-refractivity contribution in [3.05, 3.63) is 35.4 Å². The van der Waals surface area contributed by atoms with Crippen molar-refractivity contribution in [2.24, 2.45) is 11.7 Å². The fraction of sp³-hybridized carbons (Fsp3) is 0.588. The van der Waals surface area contributed by atoms with Crippen LogP contribution in [0.25, 0.3) is 0 Å². The van der Waals surface area contributed by atoms with Gasteiger partial charge in [-0.2, -0.15) is 0 Å². The molecule has 0 saturated heterocycles. The van der Waals surface area contributed by atoms with E-state index >= 15 is 0 Å². The summed E-state index contributed by atoms with van der Waals surface area (Å²) in [7, 11) is 0. The van der Waals surface area contributed by atoms with Crippen LogP contribution in [0.1, 0.15) is 57.7 Å². The lowest BCUT2D eigenvalue weighted by Gasteiger charge is -2.37. The summed E-state index contributed by atoms with van der Waals surface area (Å²) in [4.78, 5) is 12.2.